The SMILES string of the molecule is CCC(C)CCCCCCCCCCCCC(=O)O[C@H](COC(=O)CCCCCCCCCCC(C)CC)COP(=O)(O)OC[C@H](O)COP(=O)(O)OC[C@@H](COC(=O)CCCCCCCCCCCCCCCC(C)C)OC(=O)CCCCCCCCCCCCCCCCCCC(C)C. The minimum atomic E-state index is -4.96. The standard InChI is InChI=1S/C82H160O17P2/c1-9-74(7)60-52-44-36-28-24-25-31-41-49-57-65-82(87)99-78(69-93-80(85)63-55-47-39-33-32-37-45-53-61-75(8)10-2)71-97-101(90,91)95-67-76(83)66-94-100(88,89)96-70-77(68-92-79(84)62-54-46-38-29-22-19-15-17-21-27-35-43-51-59-73(5)6)98-81(86)64-56-48-40-30-23-18-14-12-11-13-16-20-26-34-42-50-58-72(3)4/h72-78,83H,9-71H2,1-8H3,(H,88,89)(H,90,91)/t74?,75?,76-,77-,78-/m1/s1. The molecule has 0 heterocycles. The third-order valence-corrected chi connectivity index (χ3v) is 21.7. The van der Waals surface area contributed by atoms with E-state index in [-0.39, 0.29) is 25.7 Å². The predicted molar refractivity (Wildman–Crippen MR) is 414 cm³/mol. The van der Waals surface area contributed by atoms with Crippen molar-refractivity contribution in [3.05, 3.63) is 0 Å². The van der Waals surface area contributed by atoms with Gasteiger partial charge in [-0.15, -0.1) is 0 Å². The third-order valence-electron chi connectivity index (χ3n) is 19.8. The van der Waals surface area contributed by atoms with Gasteiger partial charge in [-0.25, -0.2) is 9.13 Å². The smallest absolute Gasteiger partial charge is 0.462 e. The number of hydrogen-bond donors (Lipinski definition) is 3. The number of phosphoric acid groups is 2. The number of esters is 4. The van der Waals surface area contributed by atoms with Crippen LogP contribution in [0.25, 0.3) is 0 Å². The zero-order valence-corrected chi connectivity index (χ0v) is 68.3. The largest absolute Gasteiger partial charge is 0.472 e. The summed E-state index contributed by atoms with van der Waals surface area (Å²) in [7, 11) is -9.93. The lowest BCUT2D eigenvalue weighted by molar-refractivity contribution is -0.161. The topological polar surface area (TPSA) is 237 Å². The Kier molecular flexibility index (Phi) is 69.6. The van der Waals surface area contributed by atoms with Crippen molar-refractivity contribution in [2.24, 2.45) is 23.7 Å². The van der Waals surface area contributed by atoms with E-state index in [9.17, 15) is 43.2 Å². The van der Waals surface area contributed by atoms with Crippen LogP contribution in [0.4, 0.5) is 0 Å². The highest BCUT2D eigenvalue weighted by Gasteiger charge is 2.30. The molecular weight excluding hydrogens is 1320 g/mol. The molecule has 0 rings (SSSR count). The minimum Gasteiger partial charge on any atom is -0.462 e. The molecule has 0 aromatic heterocycles. The molecular formula is C82H160O17P2. The molecule has 3 N–H and O–H groups in total. The van der Waals surface area contributed by atoms with E-state index in [0.717, 1.165) is 114 Å². The van der Waals surface area contributed by atoms with Crippen molar-refractivity contribution in [3.63, 3.8) is 0 Å². The molecule has 0 aromatic rings. The molecule has 0 radical (unpaired) electrons. The monoisotopic (exact) mass is 1480 g/mol. The van der Waals surface area contributed by atoms with E-state index in [1.54, 1.807) is 0 Å². The molecule has 0 bridgehead atoms. The first-order chi connectivity index (χ1) is 48.7. The quantitative estimate of drug-likeness (QED) is 0.0222. The van der Waals surface area contributed by atoms with Crippen molar-refractivity contribution in [2.45, 2.75) is 440 Å². The van der Waals surface area contributed by atoms with E-state index in [4.69, 9.17) is 37.0 Å². The van der Waals surface area contributed by atoms with E-state index in [1.165, 1.54) is 225 Å². The fourth-order valence-corrected chi connectivity index (χ4v) is 14.1. The molecule has 0 saturated heterocycles. The molecule has 600 valence electrons. The van der Waals surface area contributed by atoms with Crippen LogP contribution in [0.2, 0.25) is 0 Å². The van der Waals surface area contributed by atoms with Crippen LogP contribution in [0.15, 0.2) is 0 Å². The van der Waals surface area contributed by atoms with E-state index in [0.29, 0.717) is 25.7 Å². The molecule has 0 aromatic carbocycles. The van der Waals surface area contributed by atoms with Gasteiger partial charge in [0.2, 0.25) is 0 Å². The summed E-state index contributed by atoms with van der Waals surface area (Å²) < 4.78 is 68.8. The van der Waals surface area contributed by atoms with E-state index < -0.39 is 97.5 Å². The molecule has 17 nitrogen and oxygen atoms in total. The Bertz CT molecular complexity index is 1980. The predicted octanol–water partition coefficient (Wildman–Crippen LogP) is 24.4. The zero-order valence-electron chi connectivity index (χ0n) is 66.5. The fourth-order valence-electron chi connectivity index (χ4n) is 12.5. The number of aliphatic hydroxyl groups is 1. The van der Waals surface area contributed by atoms with Crippen molar-refractivity contribution >= 4 is 39.5 Å². The highest BCUT2D eigenvalue weighted by Crippen LogP contribution is 2.45. The number of unbranched alkanes of at least 4 members (excludes halogenated alkanes) is 43. The summed E-state index contributed by atoms with van der Waals surface area (Å²) >= 11 is 0. The molecule has 0 fully saturated rings. The summed E-state index contributed by atoms with van der Waals surface area (Å²) in [6, 6.07) is 0. The Morgan fingerprint density at radius 1 is 0.277 bits per heavy atom. The Labute approximate surface area is 619 Å². The molecule has 101 heavy (non-hydrogen) atoms. The van der Waals surface area contributed by atoms with Crippen LogP contribution in [0.3, 0.4) is 0 Å². The Morgan fingerprint density at radius 3 is 0.703 bits per heavy atom. The van der Waals surface area contributed by atoms with Crippen LogP contribution in [0, 0.1) is 23.7 Å². The van der Waals surface area contributed by atoms with Gasteiger partial charge in [-0.05, 0) is 49.4 Å². The molecule has 0 aliphatic rings. The van der Waals surface area contributed by atoms with E-state index in [1.807, 2.05) is 0 Å². The lowest BCUT2D eigenvalue weighted by Crippen LogP contribution is -2.30. The van der Waals surface area contributed by atoms with Crippen LogP contribution in [-0.2, 0) is 65.4 Å². The fraction of sp³-hybridized carbons (Fsp3) is 0.951. The van der Waals surface area contributed by atoms with Crippen molar-refractivity contribution in [1.29, 1.82) is 0 Å². The second kappa shape index (κ2) is 71.0. The second-order valence-corrected chi connectivity index (χ2v) is 33.9. The van der Waals surface area contributed by atoms with Gasteiger partial charge in [-0.3, -0.25) is 37.3 Å². The van der Waals surface area contributed by atoms with Crippen LogP contribution in [0.1, 0.15) is 421 Å². The molecule has 0 amide bonds. The Hall–Kier alpha value is -1.94. The van der Waals surface area contributed by atoms with Gasteiger partial charge in [0.1, 0.15) is 19.3 Å². The first kappa shape index (κ1) is 99.1. The maximum Gasteiger partial charge on any atom is 0.472 e. The zero-order chi connectivity index (χ0) is 74.6. The van der Waals surface area contributed by atoms with Crippen LogP contribution in [-0.4, -0.2) is 96.7 Å². The molecule has 0 saturated carbocycles. The van der Waals surface area contributed by atoms with Crippen LogP contribution >= 0.6 is 15.6 Å². The normalized spacial score (nSPS) is 14.5. The van der Waals surface area contributed by atoms with Gasteiger partial charge in [0.25, 0.3) is 0 Å². The van der Waals surface area contributed by atoms with Crippen molar-refractivity contribution in [1.82, 2.24) is 0 Å². The summed E-state index contributed by atoms with van der Waals surface area (Å²) in [5.74, 6) is 1.07. The van der Waals surface area contributed by atoms with Gasteiger partial charge in [0.15, 0.2) is 12.2 Å². The third kappa shape index (κ3) is 73.4. The highest BCUT2D eigenvalue weighted by molar-refractivity contribution is 7.47. The van der Waals surface area contributed by atoms with Crippen molar-refractivity contribution in [2.75, 3.05) is 39.6 Å². The van der Waals surface area contributed by atoms with Gasteiger partial charge < -0.3 is 33.8 Å². The maximum absolute atomic E-state index is 13.1. The number of carbonyl (C=O) groups is 4. The Balaban J connectivity index is 5.27. The Morgan fingerprint density at radius 2 is 0.475 bits per heavy atom. The number of phosphoric ester groups is 2. The average molecular weight is 1480 g/mol. The summed E-state index contributed by atoms with van der Waals surface area (Å²) in [5, 5.41) is 10.7. The average Bonchev–Trinajstić information content (AvgIpc) is 0.941. The molecule has 0 aliphatic carbocycles. The first-order valence-electron chi connectivity index (χ1n) is 42.3. The number of hydrogen-bond acceptors (Lipinski definition) is 15. The first-order valence-corrected chi connectivity index (χ1v) is 45.3. The van der Waals surface area contributed by atoms with Gasteiger partial charge in [-0.1, -0.05) is 370 Å². The van der Waals surface area contributed by atoms with Crippen LogP contribution < -0.4 is 0 Å². The molecule has 4 unspecified atom stereocenters. The summed E-state index contributed by atoms with van der Waals surface area (Å²) in [6.45, 7) is 14.3. The van der Waals surface area contributed by atoms with Crippen molar-refractivity contribution < 1.29 is 80.2 Å². The van der Waals surface area contributed by atoms with E-state index in [2.05, 4.69) is 55.4 Å². The van der Waals surface area contributed by atoms with Gasteiger partial charge >= 0.3 is 39.5 Å². The van der Waals surface area contributed by atoms with Gasteiger partial charge in [0.05, 0.1) is 26.4 Å². The molecule has 0 spiro atoms. The summed E-state index contributed by atoms with van der Waals surface area (Å²) in [5.41, 5.74) is 0. The number of ether oxygens (including phenoxy) is 4. The van der Waals surface area contributed by atoms with E-state index >= 15 is 0 Å². The maximum atomic E-state index is 13.1. The van der Waals surface area contributed by atoms with Crippen LogP contribution in [0.5, 0.6) is 0 Å². The summed E-state index contributed by atoms with van der Waals surface area (Å²) in [4.78, 5) is 73.1. The molecule has 19 heteroatoms. The molecule has 0 aliphatic heterocycles. The second-order valence-electron chi connectivity index (χ2n) is 31.0. The lowest BCUT2D eigenvalue weighted by Gasteiger charge is -2.21. The van der Waals surface area contributed by atoms with Crippen molar-refractivity contribution in [3.8, 4) is 0 Å². The molecule has 7 atom stereocenters. The van der Waals surface area contributed by atoms with Gasteiger partial charge in [-0.2, -0.15) is 0 Å². The number of rotatable bonds is 79. The highest BCUT2D eigenvalue weighted by atomic mass is 31.2. The van der Waals surface area contributed by atoms with Gasteiger partial charge in [0, 0.05) is 25.7 Å². The lowest BCUT2D eigenvalue weighted by atomic mass is 9.99. The number of aliphatic hydroxyl groups excluding tert-OH is 1. The summed E-state index contributed by atoms with van der Waals surface area (Å²) in [6.07, 6.45) is 58.1. The minimum absolute atomic E-state index is 0.106. The number of carbonyl (C=O) groups excluding carboxylic acids is 4.